The summed E-state index contributed by atoms with van der Waals surface area (Å²) >= 11 is 13.5. The molecule has 1 atom stereocenters. The molecule has 4 rings (SSSR count). The SMILES string of the molecule is CC(NC(=O)c1ccc(CN(c2nc(-c3ccc(Cl)c(Cl)c3)cs2)c2ccccc2F)cc1)C(=O)O. The Bertz CT molecular complexity index is 1410. The van der Waals surface area contributed by atoms with Gasteiger partial charge in [0.1, 0.15) is 11.9 Å². The minimum Gasteiger partial charge on any atom is -0.480 e. The Kier molecular flexibility index (Phi) is 7.88. The molecule has 1 heterocycles. The maximum Gasteiger partial charge on any atom is 0.325 e. The van der Waals surface area contributed by atoms with Gasteiger partial charge >= 0.3 is 5.97 Å². The lowest BCUT2D eigenvalue weighted by atomic mass is 10.1. The lowest BCUT2D eigenvalue weighted by molar-refractivity contribution is -0.138. The van der Waals surface area contributed by atoms with Crippen molar-refractivity contribution in [2.75, 3.05) is 4.90 Å². The minimum absolute atomic E-state index is 0.280. The third kappa shape index (κ3) is 5.84. The number of benzene rings is 3. The Labute approximate surface area is 220 Å². The highest BCUT2D eigenvalue weighted by Crippen LogP contribution is 2.36. The highest BCUT2D eigenvalue weighted by atomic mass is 35.5. The van der Waals surface area contributed by atoms with Crippen LogP contribution in [0.15, 0.2) is 72.1 Å². The second-order valence-corrected chi connectivity index (χ2v) is 9.56. The Balaban J connectivity index is 1.62. The molecule has 0 aliphatic heterocycles. The van der Waals surface area contributed by atoms with E-state index in [4.69, 9.17) is 33.3 Å². The van der Waals surface area contributed by atoms with E-state index in [1.54, 1.807) is 59.5 Å². The molecule has 0 radical (unpaired) electrons. The van der Waals surface area contributed by atoms with Crippen LogP contribution in [-0.4, -0.2) is 28.0 Å². The standard InChI is InChI=1S/C26H20Cl2FN3O3S/c1-15(25(34)35)30-24(33)17-8-6-16(7-9-17)13-32(23-5-3-2-4-21(23)29)26-31-22(14-36-26)18-10-11-19(27)20(28)12-18/h2-12,14-15H,13H2,1H3,(H,30,33)(H,34,35). The van der Waals surface area contributed by atoms with E-state index in [1.807, 2.05) is 11.4 Å². The number of carboxylic acids is 1. The first-order valence-electron chi connectivity index (χ1n) is 10.8. The number of hydrogen-bond acceptors (Lipinski definition) is 5. The van der Waals surface area contributed by atoms with Crippen molar-refractivity contribution >= 4 is 57.2 Å². The predicted molar refractivity (Wildman–Crippen MR) is 141 cm³/mol. The van der Waals surface area contributed by atoms with Gasteiger partial charge in [0.15, 0.2) is 5.13 Å². The monoisotopic (exact) mass is 543 g/mol. The first kappa shape index (κ1) is 25.6. The maximum atomic E-state index is 14.8. The normalized spacial score (nSPS) is 11.7. The molecule has 3 aromatic carbocycles. The van der Waals surface area contributed by atoms with Crippen molar-refractivity contribution in [1.82, 2.24) is 10.3 Å². The van der Waals surface area contributed by atoms with Crippen molar-refractivity contribution in [3.63, 3.8) is 0 Å². The Morgan fingerprint density at radius 2 is 1.81 bits per heavy atom. The molecule has 10 heteroatoms. The molecule has 0 fully saturated rings. The van der Waals surface area contributed by atoms with Gasteiger partial charge in [0.2, 0.25) is 0 Å². The van der Waals surface area contributed by atoms with E-state index in [-0.39, 0.29) is 6.54 Å². The van der Waals surface area contributed by atoms with Crippen LogP contribution in [-0.2, 0) is 11.3 Å². The van der Waals surface area contributed by atoms with Crippen LogP contribution in [0, 0.1) is 5.82 Å². The minimum atomic E-state index is -1.12. The van der Waals surface area contributed by atoms with E-state index in [0.29, 0.717) is 32.1 Å². The van der Waals surface area contributed by atoms with Crippen LogP contribution >= 0.6 is 34.5 Å². The van der Waals surface area contributed by atoms with Gasteiger partial charge in [0, 0.05) is 16.5 Å². The summed E-state index contributed by atoms with van der Waals surface area (Å²) < 4.78 is 14.8. The van der Waals surface area contributed by atoms with Crippen LogP contribution < -0.4 is 10.2 Å². The summed E-state index contributed by atoms with van der Waals surface area (Å²) in [5, 5.41) is 14.7. The fraction of sp³-hybridized carbons (Fsp3) is 0.115. The zero-order valence-corrected chi connectivity index (χ0v) is 21.2. The highest BCUT2D eigenvalue weighted by Gasteiger charge is 2.19. The van der Waals surface area contributed by atoms with Crippen molar-refractivity contribution in [3.05, 3.63) is 99.1 Å². The van der Waals surface area contributed by atoms with Crippen LogP contribution in [0.3, 0.4) is 0 Å². The first-order chi connectivity index (χ1) is 17.2. The molecule has 0 saturated heterocycles. The van der Waals surface area contributed by atoms with Crippen molar-refractivity contribution in [2.24, 2.45) is 0 Å². The van der Waals surface area contributed by atoms with E-state index in [1.165, 1.54) is 24.3 Å². The number of rotatable bonds is 8. The fourth-order valence-corrected chi connectivity index (χ4v) is 4.53. The number of aliphatic carboxylic acids is 1. The summed E-state index contributed by atoms with van der Waals surface area (Å²) in [7, 11) is 0. The van der Waals surface area contributed by atoms with Crippen LogP contribution in [0.5, 0.6) is 0 Å². The van der Waals surface area contributed by atoms with Crippen molar-refractivity contribution in [1.29, 1.82) is 0 Å². The Morgan fingerprint density at radius 3 is 2.47 bits per heavy atom. The summed E-state index contributed by atoms with van der Waals surface area (Å²) in [5.41, 5.74) is 2.93. The van der Waals surface area contributed by atoms with Gasteiger partial charge in [-0.25, -0.2) is 9.37 Å². The van der Waals surface area contributed by atoms with Crippen LogP contribution in [0.25, 0.3) is 11.3 Å². The van der Waals surface area contributed by atoms with Gasteiger partial charge in [-0.3, -0.25) is 9.59 Å². The number of halogens is 3. The number of amides is 1. The first-order valence-corrected chi connectivity index (χ1v) is 12.4. The molecular formula is C26H20Cl2FN3O3S. The lowest BCUT2D eigenvalue weighted by Crippen LogP contribution is -2.38. The second-order valence-electron chi connectivity index (χ2n) is 7.91. The third-order valence-corrected chi connectivity index (χ3v) is 6.96. The topological polar surface area (TPSA) is 82.5 Å². The molecule has 1 amide bonds. The van der Waals surface area contributed by atoms with Gasteiger partial charge in [-0.05, 0) is 48.9 Å². The zero-order valence-electron chi connectivity index (χ0n) is 18.9. The van der Waals surface area contributed by atoms with Crippen LogP contribution in [0.1, 0.15) is 22.8 Å². The number of carbonyl (C=O) groups is 2. The Morgan fingerprint density at radius 1 is 1.08 bits per heavy atom. The van der Waals surface area contributed by atoms with Gasteiger partial charge in [0.25, 0.3) is 5.91 Å². The molecule has 0 saturated carbocycles. The zero-order chi connectivity index (χ0) is 25.8. The fourth-order valence-electron chi connectivity index (χ4n) is 3.39. The van der Waals surface area contributed by atoms with Crippen LogP contribution in [0.2, 0.25) is 10.0 Å². The van der Waals surface area contributed by atoms with E-state index < -0.39 is 23.7 Å². The second kappa shape index (κ2) is 11.1. The third-order valence-electron chi connectivity index (χ3n) is 5.36. The van der Waals surface area contributed by atoms with Gasteiger partial charge in [-0.2, -0.15) is 0 Å². The van der Waals surface area contributed by atoms with E-state index in [0.717, 1.165) is 11.1 Å². The molecule has 0 spiro atoms. The summed E-state index contributed by atoms with van der Waals surface area (Å²) in [6, 6.07) is 17.3. The molecule has 0 bridgehead atoms. The summed E-state index contributed by atoms with van der Waals surface area (Å²) in [4.78, 5) is 29.8. The molecule has 4 aromatic rings. The van der Waals surface area contributed by atoms with Crippen molar-refractivity contribution in [2.45, 2.75) is 19.5 Å². The molecule has 36 heavy (non-hydrogen) atoms. The predicted octanol–water partition coefficient (Wildman–Crippen LogP) is 6.80. The molecule has 2 N–H and O–H groups in total. The number of hydrogen-bond donors (Lipinski definition) is 2. The highest BCUT2D eigenvalue weighted by molar-refractivity contribution is 7.14. The molecule has 6 nitrogen and oxygen atoms in total. The number of nitrogens with zero attached hydrogens (tertiary/aromatic N) is 2. The molecule has 0 aliphatic carbocycles. The molecule has 184 valence electrons. The number of para-hydroxylation sites is 1. The largest absolute Gasteiger partial charge is 0.480 e. The van der Waals surface area contributed by atoms with E-state index in [2.05, 4.69) is 5.32 Å². The van der Waals surface area contributed by atoms with Crippen LogP contribution in [0.4, 0.5) is 15.2 Å². The molecule has 0 aliphatic rings. The average Bonchev–Trinajstić information content (AvgIpc) is 3.35. The van der Waals surface area contributed by atoms with Crippen molar-refractivity contribution in [3.8, 4) is 11.3 Å². The van der Waals surface area contributed by atoms with E-state index in [9.17, 15) is 14.0 Å². The van der Waals surface area contributed by atoms with Gasteiger partial charge in [-0.1, -0.05) is 53.5 Å². The maximum absolute atomic E-state index is 14.8. The summed E-state index contributed by atoms with van der Waals surface area (Å²) in [6.45, 7) is 1.67. The Hall–Kier alpha value is -3.46. The number of thiazole rings is 1. The number of carboxylic acid groups (broad SMARTS) is 1. The molecule has 1 unspecified atom stereocenters. The molecule has 1 aromatic heterocycles. The average molecular weight is 544 g/mol. The van der Waals surface area contributed by atoms with Gasteiger partial charge in [0.05, 0.1) is 28.0 Å². The number of carbonyl (C=O) groups excluding carboxylic acids is 1. The number of anilines is 2. The summed E-state index contributed by atoms with van der Waals surface area (Å²) in [6.07, 6.45) is 0. The van der Waals surface area contributed by atoms with Crippen molar-refractivity contribution < 1.29 is 19.1 Å². The summed E-state index contributed by atoms with van der Waals surface area (Å²) in [5.74, 6) is -2.01. The smallest absolute Gasteiger partial charge is 0.325 e. The number of aromatic nitrogens is 1. The van der Waals surface area contributed by atoms with E-state index >= 15 is 0 Å². The number of nitrogens with one attached hydrogen (secondary N) is 1. The lowest BCUT2D eigenvalue weighted by Gasteiger charge is -2.23. The molecular weight excluding hydrogens is 524 g/mol. The quantitative estimate of drug-likeness (QED) is 0.255. The van der Waals surface area contributed by atoms with Gasteiger partial charge < -0.3 is 15.3 Å². The van der Waals surface area contributed by atoms with Gasteiger partial charge in [-0.15, -0.1) is 11.3 Å².